The molecule has 2 aliphatic rings. The Morgan fingerprint density at radius 1 is 1.14 bits per heavy atom. The van der Waals surface area contributed by atoms with Crippen LogP contribution in [-0.2, 0) is 6.54 Å². The fourth-order valence-corrected chi connectivity index (χ4v) is 4.27. The number of rotatable bonds is 2. The van der Waals surface area contributed by atoms with E-state index in [-0.39, 0.29) is 0 Å². The van der Waals surface area contributed by atoms with Crippen LogP contribution in [0, 0.1) is 11.8 Å². The molecule has 1 saturated carbocycles. The monoisotopic (exact) mass is 281 g/mol. The summed E-state index contributed by atoms with van der Waals surface area (Å²) in [6.45, 7) is 3.42. The van der Waals surface area contributed by atoms with E-state index in [1.54, 1.807) is 0 Å². The Morgan fingerprint density at radius 3 is 2.95 bits per heavy atom. The predicted octanol–water partition coefficient (Wildman–Crippen LogP) is 2.79. The van der Waals surface area contributed by atoms with Gasteiger partial charge in [0.1, 0.15) is 0 Å². The number of benzene rings is 1. The number of fused-ring (bicyclic) bond motifs is 2. The maximum atomic E-state index is 6.33. The van der Waals surface area contributed by atoms with Gasteiger partial charge in [0, 0.05) is 37.3 Å². The van der Waals surface area contributed by atoms with E-state index in [1.807, 2.05) is 6.20 Å². The first kappa shape index (κ1) is 13.2. The van der Waals surface area contributed by atoms with Crippen molar-refractivity contribution in [3.63, 3.8) is 0 Å². The van der Waals surface area contributed by atoms with E-state index in [9.17, 15) is 0 Å². The number of hydrogen-bond donors (Lipinski definition) is 1. The predicted molar refractivity (Wildman–Crippen MR) is 85.8 cm³/mol. The summed E-state index contributed by atoms with van der Waals surface area (Å²) in [7, 11) is 0. The molecule has 1 saturated heterocycles. The smallest absolute Gasteiger partial charge is 0.0705 e. The zero-order valence-corrected chi connectivity index (χ0v) is 12.4. The van der Waals surface area contributed by atoms with E-state index < -0.39 is 0 Å². The van der Waals surface area contributed by atoms with E-state index >= 15 is 0 Å². The molecule has 0 radical (unpaired) electrons. The Morgan fingerprint density at radius 2 is 2.05 bits per heavy atom. The number of hydrogen-bond acceptors (Lipinski definition) is 3. The molecule has 2 N–H and O–H groups in total. The number of pyridine rings is 1. The molecular formula is C18H23N3. The van der Waals surface area contributed by atoms with Gasteiger partial charge in [0.15, 0.2) is 0 Å². The average molecular weight is 281 g/mol. The van der Waals surface area contributed by atoms with Gasteiger partial charge >= 0.3 is 0 Å². The first-order valence-electron chi connectivity index (χ1n) is 8.12. The lowest BCUT2D eigenvalue weighted by molar-refractivity contribution is 0.259. The summed E-state index contributed by atoms with van der Waals surface area (Å²) < 4.78 is 0. The zero-order valence-electron chi connectivity index (χ0n) is 12.4. The van der Waals surface area contributed by atoms with Gasteiger partial charge in [0.05, 0.1) is 5.52 Å². The molecule has 3 heteroatoms. The first-order chi connectivity index (χ1) is 10.3. The van der Waals surface area contributed by atoms with Gasteiger partial charge < -0.3 is 5.73 Å². The number of para-hydroxylation sites is 1. The van der Waals surface area contributed by atoms with Crippen LogP contribution in [0.3, 0.4) is 0 Å². The molecule has 1 aliphatic heterocycles. The largest absolute Gasteiger partial charge is 0.327 e. The van der Waals surface area contributed by atoms with Crippen LogP contribution in [0.15, 0.2) is 36.5 Å². The van der Waals surface area contributed by atoms with E-state index in [1.165, 1.54) is 43.3 Å². The van der Waals surface area contributed by atoms with E-state index in [0.29, 0.717) is 12.0 Å². The number of nitrogens with two attached hydrogens (primary N) is 1. The molecule has 2 heterocycles. The molecule has 110 valence electrons. The highest BCUT2D eigenvalue weighted by Crippen LogP contribution is 2.36. The van der Waals surface area contributed by atoms with Crippen LogP contribution in [0.4, 0.5) is 0 Å². The Hall–Kier alpha value is -1.45. The van der Waals surface area contributed by atoms with Crippen molar-refractivity contribution in [2.24, 2.45) is 17.6 Å². The maximum absolute atomic E-state index is 6.33. The van der Waals surface area contributed by atoms with Crippen LogP contribution in [0.25, 0.3) is 10.9 Å². The fraction of sp³-hybridized carbons (Fsp3) is 0.500. The molecule has 0 amide bonds. The van der Waals surface area contributed by atoms with Crippen LogP contribution in [0.5, 0.6) is 0 Å². The molecule has 1 aromatic heterocycles. The van der Waals surface area contributed by atoms with Gasteiger partial charge in [-0.25, -0.2) is 0 Å². The molecule has 3 unspecified atom stereocenters. The second kappa shape index (κ2) is 5.39. The third kappa shape index (κ3) is 2.45. The lowest BCUT2D eigenvalue weighted by atomic mass is 9.78. The first-order valence-corrected chi connectivity index (χ1v) is 8.12. The molecule has 0 bridgehead atoms. The molecule has 1 aliphatic carbocycles. The van der Waals surface area contributed by atoms with Gasteiger partial charge in [-0.2, -0.15) is 0 Å². The average Bonchev–Trinajstić information content (AvgIpc) is 2.92. The highest BCUT2D eigenvalue weighted by molar-refractivity contribution is 5.81. The van der Waals surface area contributed by atoms with Crippen molar-refractivity contribution >= 4 is 10.9 Å². The summed E-state index contributed by atoms with van der Waals surface area (Å²) in [5.74, 6) is 1.54. The van der Waals surface area contributed by atoms with Crippen molar-refractivity contribution in [2.45, 2.75) is 31.8 Å². The van der Waals surface area contributed by atoms with Crippen molar-refractivity contribution in [1.82, 2.24) is 9.88 Å². The molecule has 3 atom stereocenters. The van der Waals surface area contributed by atoms with Gasteiger partial charge in [0.2, 0.25) is 0 Å². The van der Waals surface area contributed by atoms with Gasteiger partial charge in [-0.15, -0.1) is 0 Å². The molecule has 0 spiro atoms. The van der Waals surface area contributed by atoms with Gasteiger partial charge in [0.25, 0.3) is 0 Å². The standard InChI is InChI=1S/C18H23N3/c19-17-6-3-4-13-10-21(12-16(13)17)11-14-8-9-20-18-7-2-1-5-15(14)18/h1-2,5,7-9,13,16-17H,3-4,6,10-12,19H2. The number of nitrogens with zero attached hydrogens (tertiary/aromatic N) is 2. The minimum Gasteiger partial charge on any atom is -0.327 e. The third-order valence-corrected chi connectivity index (χ3v) is 5.36. The van der Waals surface area contributed by atoms with Crippen LogP contribution >= 0.6 is 0 Å². The Labute approximate surface area is 126 Å². The van der Waals surface area contributed by atoms with E-state index in [2.05, 4.69) is 40.2 Å². The molecule has 2 aromatic rings. The van der Waals surface area contributed by atoms with Gasteiger partial charge in [-0.05, 0) is 42.4 Å². The molecule has 3 nitrogen and oxygen atoms in total. The van der Waals surface area contributed by atoms with Gasteiger partial charge in [-0.1, -0.05) is 24.6 Å². The third-order valence-electron chi connectivity index (χ3n) is 5.36. The van der Waals surface area contributed by atoms with Crippen LogP contribution in [0.1, 0.15) is 24.8 Å². The number of aromatic nitrogens is 1. The lowest BCUT2D eigenvalue weighted by Gasteiger charge is -2.29. The van der Waals surface area contributed by atoms with Crippen molar-refractivity contribution in [3.8, 4) is 0 Å². The van der Waals surface area contributed by atoms with Crippen LogP contribution in [-0.4, -0.2) is 29.0 Å². The molecular weight excluding hydrogens is 258 g/mol. The summed E-state index contributed by atoms with van der Waals surface area (Å²) in [6.07, 6.45) is 5.83. The van der Waals surface area contributed by atoms with Crippen LogP contribution in [0.2, 0.25) is 0 Å². The molecule has 21 heavy (non-hydrogen) atoms. The minimum absolute atomic E-state index is 0.419. The lowest BCUT2D eigenvalue weighted by Crippen LogP contribution is -2.38. The normalized spacial score (nSPS) is 29.7. The molecule has 4 rings (SSSR count). The van der Waals surface area contributed by atoms with Crippen molar-refractivity contribution in [3.05, 3.63) is 42.1 Å². The quantitative estimate of drug-likeness (QED) is 0.920. The van der Waals surface area contributed by atoms with E-state index in [4.69, 9.17) is 5.73 Å². The van der Waals surface area contributed by atoms with Crippen molar-refractivity contribution in [2.75, 3.05) is 13.1 Å². The van der Waals surface area contributed by atoms with Crippen molar-refractivity contribution in [1.29, 1.82) is 0 Å². The molecule has 2 fully saturated rings. The fourth-order valence-electron chi connectivity index (χ4n) is 4.27. The highest BCUT2D eigenvalue weighted by atomic mass is 15.2. The number of likely N-dealkylation sites (tertiary alicyclic amines) is 1. The second-order valence-electron chi connectivity index (χ2n) is 6.70. The summed E-state index contributed by atoms with van der Waals surface area (Å²) in [4.78, 5) is 7.06. The van der Waals surface area contributed by atoms with Gasteiger partial charge in [-0.3, -0.25) is 9.88 Å². The zero-order chi connectivity index (χ0) is 14.2. The summed E-state index contributed by atoms with van der Waals surface area (Å²) >= 11 is 0. The highest BCUT2D eigenvalue weighted by Gasteiger charge is 2.38. The van der Waals surface area contributed by atoms with E-state index in [0.717, 1.165) is 18.0 Å². The van der Waals surface area contributed by atoms with Crippen LogP contribution < -0.4 is 5.73 Å². The second-order valence-corrected chi connectivity index (χ2v) is 6.70. The SMILES string of the molecule is NC1CCCC2CN(Cc3ccnc4ccccc34)CC12. The summed E-state index contributed by atoms with van der Waals surface area (Å²) in [6, 6.07) is 11.0. The Bertz CT molecular complexity index is 634. The summed E-state index contributed by atoms with van der Waals surface area (Å²) in [5.41, 5.74) is 8.83. The van der Waals surface area contributed by atoms with Crippen molar-refractivity contribution < 1.29 is 0 Å². The Balaban J connectivity index is 1.56. The topological polar surface area (TPSA) is 42.1 Å². The molecule has 1 aromatic carbocycles. The minimum atomic E-state index is 0.419. The maximum Gasteiger partial charge on any atom is 0.0705 e. The Kier molecular flexibility index (Phi) is 3.40. The summed E-state index contributed by atoms with van der Waals surface area (Å²) in [5, 5.41) is 1.29.